The van der Waals surface area contributed by atoms with Crippen LogP contribution < -0.4 is 0 Å². The lowest BCUT2D eigenvalue weighted by Crippen LogP contribution is -2.06. The maximum atomic E-state index is 11.3. The van der Waals surface area contributed by atoms with Crippen molar-refractivity contribution in [3.05, 3.63) is 48.2 Å². The molecule has 0 saturated heterocycles. The van der Waals surface area contributed by atoms with Crippen LogP contribution in [0.3, 0.4) is 0 Å². The van der Waals surface area contributed by atoms with Crippen molar-refractivity contribution >= 4 is 5.97 Å². The number of carbonyl (C=O) groups is 1. The van der Waals surface area contributed by atoms with Gasteiger partial charge in [-0.1, -0.05) is 24.3 Å². The molecule has 74 valence electrons. The minimum absolute atomic E-state index is 0.0575. The second-order valence-electron chi connectivity index (χ2n) is 2.55. The molecular formula is C11H12O3. The molecule has 3 nitrogen and oxygen atoms in total. The highest BCUT2D eigenvalue weighted by atomic mass is 16.7. The predicted octanol–water partition coefficient (Wildman–Crippen LogP) is 2.35. The van der Waals surface area contributed by atoms with Gasteiger partial charge >= 0.3 is 5.97 Å². The first-order chi connectivity index (χ1) is 6.84. The standard InChI is InChI=1S/C11H12O3/c1-2-8-13-9-14-11(12)10-6-4-3-5-7-10/h2-8H,9H2,1H3. The summed E-state index contributed by atoms with van der Waals surface area (Å²) in [6, 6.07) is 8.79. The van der Waals surface area contributed by atoms with Crippen LogP contribution in [0.1, 0.15) is 17.3 Å². The minimum atomic E-state index is -0.380. The summed E-state index contributed by atoms with van der Waals surface area (Å²) in [6.45, 7) is 1.76. The van der Waals surface area contributed by atoms with E-state index in [9.17, 15) is 4.79 Å². The summed E-state index contributed by atoms with van der Waals surface area (Å²) in [5.41, 5.74) is 0.525. The van der Waals surface area contributed by atoms with Gasteiger partial charge in [-0.25, -0.2) is 4.79 Å². The fourth-order valence-corrected chi connectivity index (χ4v) is 0.881. The Morgan fingerprint density at radius 2 is 2.07 bits per heavy atom. The topological polar surface area (TPSA) is 35.5 Å². The van der Waals surface area contributed by atoms with Gasteiger partial charge in [-0.15, -0.1) is 0 Å². The van der Waals surface area contributed by atoms with Crippen molar-refractivity contribution in [3.8, 4) is 0 Å². The Bertz CT molecular complexity index is 304. The summed E-state index contributed by atoms with van der Waals surface area (Å²) in [4.78, 5) is 11.3. The van der Waals surface area contributed by atoms with Gasteiger partial charge in [0, 0.05) is 0 Å². The molecule has 14 heavy (non-hydrogen) atoms. The molecule has 0 amide bonds. The minimum Gasteiger partial charge on any atom is -0.465 e. The lowest BCUT2D eigenvalue weighted by Gasteiger charge is -2.03. The van der Waals surface area contributed by atoms with Gasteiger partial charge in [0.15, 0.2) is 0 Å². The van der Waals surface area contributed by atoms with Gasteiger partial charge in [-0.05, 0) is 19.1 Å². The van der Waals surface area contributed by atoms with Crippen LogP contribution in [0.2, 0.25) is 0 Å². The van der Waals surface area contributed by atoms with Gasteiger partial charge in [0.2, 0.25) is 6.79 Å². The van der Waals surface area contributed by atoms with E-state index in [2.05, 4.69) is 0 Å². The second-order valence-corrected chi connectivity index (χ2v) is 2.55. The third kappa shape index (κ3) is 3.31. The Hall–Kier alpha value is -1.77. The zero-order valence-corrected chi connectivity index (χ0v) is 7.97. The van der Waals surface area contributed by atoms with Crippen LogP contribution in [0.25, 0.3) is 0 Å². The third-order valence-electron chi connectivity index (χ3n) is 1.50. The first-order valence-electron chi connectivity index (χ1n) is 4.29. The largest absolute Gasteiger partial charge is 0.465 e. The molecule has 1 aromatic rings. The molecule has 0 spiro atoms. The van der Waals surface area contributed by atoms with E-state index in [1.54, 1.807) is 30.3 Å². The molecule has 0 aliphatic heterocycles. The van der Waals surface area contributed by atoms with E-state index < -0.39 is 0 Å². The van der Waals surface area contributed by atoms with Crippen molar-refractivity contribution in [2.45, 2.75) is 6.92 Å². The molecule has 0 radical (unpaired) electrons. The number of benzene rings is 1. The number of rotatable bonds is 4. The molecule has 1 rings (SSSR count). The zero-order valence-electron chi connectivity index (χ0n) is 7.97. The molecule has 0 N–H and O–H groups in total. The molecule has 3 heteroatoms. The van der Waals surface area contributed by atoms with Gasteiger partial charge < -0.3 is 9.47 Å². The van der Waals surface area contributed by atoms with E-state index in [-0.39, 0.29) is 12.8 Å². The van der Waals surface area contributed by atoms with Gasteiger partial charge in [0.05, 0.1) is 11.8 Å². The van der Waals surface area contributed by atoms with Crippen molar-refractivity contribution in [1.29, 1.82) is 0 Å². The molecule has 0 heterocycles. The summed E-state index contributed by atoms with van der Waals surface area (Å²) < 4.78 is 9.67. The van der Waals surface area contributed by atoms with Crippen molar-refractivity contribution < 1.29 is 14.3 Å². The second kappa shape index (κ2) is 5.80. The summed E-state index contributed by atoms with van der Waals surface area (Å²) in [7, 11) is 0. The highest BCUT2D eigenvalue weighted by Crippen LogP contribution is 2.00. The number of allylic oxidation sites excluding steroid dienone is 1. The van der Waals surface area contributed by atoms with Gasteiger partial charge in [-0.2, -0.15) is 0 Å². The van der Waals surface area contributed by atoms with Gasteiger partial charge in [0.1, 0.15) is 0 Å². The molecule has 0 aliphatic rings. The summed E-state index contributed by atoms with van der Waals surface area (Å²) in [5.74, 6) is -0.380. The van der Waals surface area contributed by atoms with Crippen LogP contribution in [0.15, 0.2) is 42.7 Å². The molecule has 0 bridgehead atoms. The normalized spacial score (nSPS) is 10.1. The number of hydrogen-bond donors (Lipinski definition) is 0. The van der Waals surface area contributed by atoms with E-state index in [0.29, 0.717) is 5.56 Å². The Balaban J connectivity index is 2.36. The fraction of sp³-hybridized carbons (Fsp3) is 0.182. The number of ether oxygens (including phenoxy) is 2. The average Bonchev–Trinajstić information content (AvgIpc) is 2.25. The Morgan fingerprint density at radius 1 is 1.36 bits per heavy atom. The molecule has 0 aliphatic carbocycles. The van der Waals surface area contributed by atoms with E-state index in [4.69, 9.17) is 9.47 Å². The Labute approximate surface area is 83.0 Å². The van der Waals surface area contributed by atoms with Crippen LogP contribution in [0, 0.1) is 0 Å². The lowest BCUT2D eigenvalue weighted by molar-refractivity contribution is 0.000587. The van der Waals surface area contributed by atoms with Crippen molar-refractivity contribution in [3.63, 3.8) is 0 Å². The highest BCUT2D eigenvalue weighted by molar-refractivity contribution is 5.89. The first-order valence-corrected chi connectivity index (χ1v) is 4.29. The zero-order chi connectivity index (χ0) is 10.2. The van der Waals surface area contributed by atoms with Crippen LogP contribution in [0.4, 0.5) is 0 Å². The quantitative estimate of drug-likeness (QED) is 0.318. The number of carbonyl (C=O) groups excluding carboxylic acids is 1. The SMILES string of the molecule is CC=COCOC(=O)c1ccccc1. The molecule has 0 aromatic heterocycles. The van der Waals surface area contributed by atoms with Crippen LogP contribution in [-0.4, -0.2) is 12.8 Å². The number of esters is 1. The summed E-state index contributed by atoms with van der Waals surface area (Å²) in [6.07, 6.45) is 3.19. The Kier molecular flexibility index (Phi) is 4.27. The van der Waals surface area contributed by atoms with Crippen LogP contribution in [-0.2, 0) is 9.47 Å². The fourth-order valence-electron chi connectivity index (χ4n) is 0.881. The first kappa shape index (κ1) is 10.3. The molecule has 0 fully saturated rings. The van der Waals surface area contributed by atoms with E-state index in [0.717, 1.165) is 0 Å². The monoisotopic (exact) mass is 192 g/mol. The van der Waals surface area contributed by atoms with Gasteiger partial charge in [0.25, 0.3) is 0 Å². The molecular weight excluding hydrogens is 180 g/mol. The highest BCUT2D eigenvalue weighted by Gasteiger charge is 2.04. The summed E-state index contributed by atoms with van der Waals surface area (Å²) >= 11 is 0. The average molecular weight is 192 g/mol. The van der Waals surface area contributed by atoms with E-state index in [1.165, 1.54) is 6.26 Å². The van der Waals surface area contributed by atoms with E-state index in [1.807, 2.05) is 13.0 Å². The lowest BCUT2D eigenvalue weighted by atomic mass is 10.2. The van der Waals surface area contributed by atoms with Gasteiger partial charge in [-0.3, -0.25) is 0 Å². The number of hydrogen-bond acceptors (Lipinski definition) is 3. The molecule has 0 saturated carbocycles. The molecule has 1 aromatic carbocycles. The van der Waals surface area contributed by atoms with E-state index >= 15 is 0 Å². The maximum absolute atomic E-state index is 11.3. The maximum Gasteiger partial charge on any atom is 0.340 e. The summed E-state index contributed by atoms with van der Waals surface area (Å²) in [5, 5.41) is 0. The van der Waals surface area contributed by atoms with Crippen molar-refractivity contribution in [2.24, 2.45) is 0 Å². The van der Waals surface area contributed by atoms with Crippen molar-refractivity contribution in [2.75, 3.05) is 6.79 Å². The molecule has 0 unspecified atom stereocenters. The predicted molar refractivity (Wildman–Crippen MR) is 52.6 cm³/mol. The Morgan fingerprint density at radius 3 is 2.71 bits per heavy atom. The third-order valence-corrected chi connectivity index (χ3v) is 1.50. The van der Waals surface area contributed by atoms with Crippen LogP contribution >= 0.6 is 0 Å². The van der Waals surface area contributed by atoms with Crippen LogP contribution in [0.5, 0.6) is 0 Å². The molecule has 0 atom stereocenters. The van der Waals surface area contributed by atoms with Crippen molar-refractivity contribution in [1.82, 2.24) is 0 Å². The smallest absolute Gasteiger partial charge is 0.340 e.